The van der Waals surface area contributed by atoms with Crippen molar-refractivity contribution in [2.24, 2.45) is 0 Å². The second-order valence-electron chi connectivity index (χ2n) is 6.21. The maximum absolute atomic E-state index is 5.62. The van der Waals surface area contributed by atoms with Crippen LogP contribution in [0.15, 0.2) is 4.52 Å². The van der Waals surface area contributed by atoms with Crippen LogP contribution >= 0.6 is 0 Å². The first kappa shape index (κ1) is 14.0. The highest BCUT2D eigenvalue weighted by molar-refractivity contribution is 4.99. The molecule has 3 rings (SSSR count). The van der Waals surface area contributed by atoms with Gasteiger partial charge in [-0.2, -0.15) is 4.98 Å². The number of nitrogens with zero attached hydrogens (tertiary/aromatic N) is 2. The minimum Gasteiger partial charge on any atom is -0.378 e. The molecule has 0 radical (unpaired) electrons. The number of hydrogen-bond acceptors (Lipinski definition) is 5. The van der Waals surface area contributed by atoms with Gasteiger partial charge in [-0.25, -0.2) is 0 Å². The molecular weight excluding hydrogens is 254 g/mol. The van der Waals surface area contributed by atoms with Crippen LogP contribution in [-0.4, -0.2) is 35.4 Å². The highest BCUT2D eigenvalue weighted by Gasteiger charge is 2.32. The Balaban J connectivity index is 1.60. The van der Waals surface area contributed by atoms with E-state index in [1.807, 2.05) is 0 Å². The van der Waals surface area contributed by atoms with E-state index in [2.05, 4.69) is 22.5 Å². The Bertz CT molecular complexity index is 421. The molecule has 0 spiro atoms. The van der Waals surface area contributed by atoms with E-state index in [-0.39, 0.29) is 11.6 Å². The Kier molecular flexibility index (Phi) is 4.36. The number of aromatic nitrogens is 2. The van der Waals surface area contributed by atoms with Crippen LogP contribution in [0.4, 0.5) is 0 Å². The lowest BCUT2D eigenvalue weighted by atomic mass is 9.79. The number of rotatable bonds is 5. The van der Waals surface area contributed by atoms with Crippen LogP contribution in [0, 0.1) is 0 Å². The summed E-state index contributed by atoms with van der Waals surface area (Å²) in [5.74, 6) is 1.57. The van der Waals surface area contributed by atoms with Gasteiger partial charge in [0.2, 0.25) is 5.89 Å². The maximum Gasteiger partial charge on any atom is 0.228 e. The minimum absolute atomic E-state index is 0.159. The number of ether oxygens (including phenoxy) is 1. The average Bonchev–Trinajstić information content (AvgIpc) is 3.13. The van der Waals surface area contributed by atoms with Gasteiger partial charge >= 0.3 is 0 Å². The van der Waals surface area contributed by atoms with Crippen molar-refractivity contribution in [3.05, 3.63) is 11.7 Å². The first-order valence-electron chi connectivity index (χ1n) is 7.92. The predicted octanol–water partition coefficient (Wildman–Crippen LogP) is 2.26. The molecule has 1 saturated heterocycles. The molecular formula is C15H25N3O2. The van der Waals surface area contributed by atoms with Gasteiger partial charge in [0.05, 0.1) is 6.10 Å². The molecule has 2 fully saturated rings. The molecule has 1 atom stereocenters. The molecule has 2 aliphatic rings. The van der Waals surface area contributed by atoms with E-state index >= 15 is 0 Å². The molecule has 0 aromatic carbocycles. The second-order valence-corrected chi connectivity index (χ2v) is 6.21. The van der Waals surface area contributed by atoms with E-state index in [4.69, 9.17) is 9.26 Å². The molecule has 20 heavy (non-hydrogen) atoms. The molecule has 1 aromatic heterocycles. The first-order chi connectivity index (χ1) is 9.80. The summed E-state index contributed by atoms with van der Waals surface area (Å²) in [6.45, 7) is 0.873. The van der Waals surface area contributed by atoms with Gasteiger partial charge in [-0.3, -0.25) is 0 Å². The molecule has 1 saturated carbocycles. The van der Waals surface area contributed by atoms with Crippen LogP contribution in [0.2, 0.25) is 0 Å². The van der Waals surface area contributed by atoms with E-state index in [1.165, 1.54) is 32.1 Å². The molecule has 2 heterocycles. The van der Waals surface area contributed by atoms with Crippen molar-refractivity contribution in [3.8, 4) is 0 Å². The van der Waals surface area contributed by atoms with Crippen LogP contribution in [-0.2, 0) is 17.6 Å². The zero-order valence-electron chi connectivity index (χ0n) is 12.4. The molecule has 1 N–H and O–H groups in total. The second kappa shape index (κ2) is 6.22. The highest BCUT2D eigenvalue weighted by Crippen LogP contribution is 2.30. The van der Waals surface area contributed by atoms with Gasteiger partial charge in [-0.1, -0.05) is 24.4 Å². The Morgan fingerprint density at radius 3 is 2.80 bits per heavy atom. The standard InChI is InChI=1S/C15H25N3O2/c1-16-15(7-3-2-4-8-15)11-14-17-13(18-20-14)10-12-6-5-9-19-12/h12,16H,2-11H2,1H3. The third kappa shape index (κ3) is 3.20. The van der Waals surface area contributed by atoms with E-state index in [1.54, 1.807) is 0 Å². The third-order valence-corrected chi connectivity index (χ3v) is 4.77. The fourth-order valence-corrected chi connectivity index (χ4v) is 3.49. The van der Waals surface area contributed by atoms with Crippen LogP contribution < -0.4 is 5.32 Å². The summed E-state index contributed by atoms with van der Waals surface area (Å²) in [5.41, 5.74) is 0.159. The average molecular weight is 279 g/mol. The van der Waals surface area contributed by atoms with Crippen molar-refractivity contribution < 1.29 is 9.26 Å². The lowest BCUT2D eigenvalue weighted by molar-refractivity contribution is 0.109. The molecule has 5 nitrogen and oxygen atoms in total. The van der Waals surface area contributed by atoms with Crippen molar-refractivity contribution in [2.45, 2.75) is 69.4 Å². The first-order valence-corrected chi connectivity index (χ1v) is 7.92. The van der Waals surface area contributed by atoms with Crippen molar-refractivity contribution in [2.75, 3.05) is 13.7 Å². The van der Waals surface area contributed by atoms with E-state index in [9.17, 15) is 0 Å². The molecule has 112 valence electrons. The number of nitrogens with one attached hydrogen (secondary N) is 1. The normalized spacial score (nSPS) is 25.9. The monoisotopic (exact) mass is 279 g/mol. The third-order valence-electron chi connectivity index (χ3n) is 4.77. The summed E-state index contributed by atoms with van der Waals surface area (Å²) < 4.78 is 11.1. The van der Waals surface area contributed by atoms with Gasteiger partial charge in [-0.15, -0.1) is 0 Å². The van der Waals surface area contributed by atoms with Crippen molar-refractivity contribution in [3.63, 3.8) is 0 Å². The van der Waals surface area contributed by atoms with Gasteiger partial charge < -0.3 is 14.6 Å². The maximum atomic E-state index is 5.62. The van der Waals surface area contributed by atoms with Crippen molar-refractivity contribution in [1.82, 2.24) is 15.5 Å². The fourth-order valence-electron chi connectivity index (χ4n) is 3.49. The lowest BCUT2D eigenvalue weighted by Crippen LogP contribution is -2.46. The largest absolute Gasteiger partial charge is 0.378 e. The molecule has 1 aliphatic heterocycles. The summed E-state index contributed by atoms with van der Waals surface area (Å²) in [5, 5.41) is 7.61. The molecule has 1 aromatic rings. The van der Waals surface area contributed by atoms with Gasteiger partial charge in [0.15, 0.2) is 5.82 Å². The van der Waals surface area contributed by atoms with E-state index in [0.29, 0.717) is 0 Å². The summed E-state index contributed by atoms with van der Waals surface area (Å²) in [7, 11) is 2.05. The molecule has 0 amide bonds. The van der Waals surface area contributed by atoms with Crippen LogP contribution in [0.1, 0.15) is 56.7 Å². The fraction of sp³-hybridized carbons (Fsp3) is 0.867. The molecule has 0 bridgehead atoms. The van der Waals surface area contributed by atoms with Crippen LogP contribution in [0.25, 0.3) is 0 Å². The quantitative estimate of drug-likeness (QED) is 0.896. The zero-order chi connectivity index (χ0) is 13.8. The number of hydrogen-bond donors (Lipinski definition) is 1. The van der Waals surface area contributed by atoms with E-state index in [0.717, 1.165) is 44.0 Å². The molecule has 1 aliphatic carbocycles. The topological polar surface area (TPSA) is 60.2 Å². The molecule has 1 unspecified atom stereocenters. The smallest absolute Gasteiger partial charge is 0.228 e. The summed E-state index contributed by atoms with van der Waals surface area (Å²) >= 11 is 0. The van der Waals surface area contributed by atoms with Gasteiger partial charge in [0.25, 0.3) is 0 Å². The SMILES string of the molecule is CNC1(Cc2nc(CC3CCCO3)no2)CCCCC1. The predicted molar refractivity (Wildman–Crippen MR) is 75.6 cm³/mol. The highest BCUT2D eigenvalue weighted by atomic mass is 16.5. The van der Waals surface area contributed by atoms with Crippen LogP contribution in [0.5, 0.6) is 0 Å². The summed E-state index contributed by atoms with van der Waals surface area (Å²) in [6.07, 6.45) is 10.5. The lowest BCUT2D eigenvalue weighted by Gasteiger charge is -2.36. The Morgan fingerprint density at radius 1 is 1.25 bits per heavy atom. The number of likely N-dealkylation sites (N-methyl/N-ethyl adjacent to an activating group) is 1. The van der Waals surface area contributed by atoms with Gasteiger partial charge in [0.1, 0.15) is 0 Å². The van der Waals surface area contributed by atoms with Gasteiger partial charge in [0, 0.05) is 25.0 Å². The Hall–Kier alpha value is -0.940. The Labute approximate surface area is 120 Å². The molecule has 5 heteroatoms. The summed E-state index contributed by atoms with van der Waals surface area (Å²) in [4.78, 5) is 4.56. The van der Waals surface area contributed by atoms with Gasteiger partial charge in [-0.05, 0) is 32.7 Å². The van der Waals surface area contributed by atoms with Crippen molar-refractivity contribution in [1.29, 1.82) is 0 Å². The Morgan fingerprint density at radius 2 is 2.10 bits per heavy atom. The minimum atomic E-state index is 0.159. The van der Waals surface area contributed by atoms with Crippen molar-refractivity contribution >= 4 is 0 Å². The van der Waals surface area contributed by atoms with Crippen LogP contribution in [0.3, 0.4) is 0 Å². The zero-order valence-corrected chi connectivity index (χ0v) is 12.4. The van der Waals surface area contributed by atoms with E-state index < -0.39 is 0 Å². The summed E-state index contributed by atoms with van der Waals surface area (Å²) in [6, 6.07) is 0.